The van der Waals surface area contributed by atoms with Crippen molar-refractivity contribution in [2.75, 3.05) is 13.2 Å². The second-order valence-electron chi connectivity index (χ2n) is 5.46. The van der Waals surface area contributed by atoms with Crippen molar-refractivity contribution in [2.24, 2.45) is 0 Å². The summed E-state index contributed by atoms with van der Waals surface area (Å²) in [5.41, 5.74) is 1.38. The van der Waals surface area contributed by atoms with Gasteiger partial charge in [0.1, 0.15) is 6.61 Å². The monoisotopic (exact) mass is 346 g/mol. The average Bonchev–Trinajstić information content (AvgIpc) is 2.97. The first-order valence-electron chi connectivity index (χ1n) is 7.56. The molecule has 0 saturated heterocycles. The number of hydrogen-bond acceptors (Lipinski definition) is 5. The predicted octanol–water partition coefficient (Wildman–Crippen LogP) is 1.35. The molecule has 2 N–H and O–H groups in total. The maximum Gasteiger partial charge on any atom is 0.377 e. The van der Waals surface area contributed by atoms with Crippen molar-refractivity contribution in [1.29, 1.82) is 0 Å². The summed E-state index contributed by atoms with van der Waals surface area (Å²) in [6.45, 7) is 3.24. The zero-order valence-electron chi connectivity index (χ0n) is 13.9. The number of para-hydroxylation sites is 1. The minimum Gasteiger partial charge on any atom is -0.475 e. The van der Waals surface area contributed by atoms with Crippen molar-refractivity contribution in [1.82, 2.24) is 9.88 Å². The van der Waals surface area contributed by atoms with Crippen LogP contribution in [0.5, 0.6) is 0 Å². The van der Waals surface area contributed by atoms with Gasteiger partial charge in [0.2, 0.25) is 5.91 Å². The molecule has 2 aromatic rings. The smallest absolute Gasteiger partial charge is 0.377 e. The van der Waals surface area contributed by atoms with E-state index in [2.05, 4.69) is 4.98 Å². The second kappa shape index (κ2) is 7.61. The van der Waals surface area contributed by atoms with Crippen LogP contribution in [0.4, 0.5) is 0 Å². The molecule has 0 unspecified atom stereocenters. The molecular weight excluding hydrogens is 328 g/mol. The molecular formula is C17H18N2O6. The van der Waals surface area contributed by atoms with E-state index >= 15 is 0 Å². The highest BCUT2D eigenvalue weighted by molar-refractivity contribution is 6.42. The van der Waals surface area contributed by atoms with E-state index in [1.54, 1.807) is 18.2 Å². The van der Waals surface area contributed by atoms with E-state index in [9.17, 15) is 19.2 Å². The number of ketones is 1. The number of benzene rings is 1. The fourth-order valence-electron chi connectivity index (χ4n) is 2.50. The number of nitrogens with one attached hydrogen (secondary N) is 1. The molecule has 2 rings (SSSR count). The van der Waals surface area contributed by atoms with Gasteiger partial charge in [-0.15, -0.1) is 0 Å². The zero-order valence-corrected chi connectivity index (χ0v) is 13.9. The van der Waals surface area contributed by atoms with Crippen LogP contribution < -0.4 is 0 Å². The van der Waals surface area contributed by atoms with E-state index in [4.69, 9.17) is 9.84 Å². The number of carbonyl (C=O) groups excluding carboxylic acids is 3. The summed E-state index contributed by atoms with van der Waals surface area (Å²) in [5.74, 6) is -3.15. The van der Waals surface area contributed by atoms with Crippen LogP contribution >= 0.6 is 0 Å². The number of aromatic amines is 1. The number of rotatable bonds is 7. The molecule has 0 fully saturated rings. The molecule has 0 aliphatic heterocycles. The zero-order chi connectivity index (χ0) is 18.6. The lowest BCUT2D eigenvalue weighted by Crippen LogP contribution is -2.32. The second-order valence-corrected chi connectivity index (χ2v) is 5.46. The van der Waals surface area contributed by atoms with Gasteiger partial charge >= 0.3 is 11.9 Å². The standard InChI is InChI=1S/C17H18N2O6/c1-10(20)19(6-7-25-11(2)21)9-12-4-3-5-13-14(8-18-15(12)13)16(22)17(23)24/h3-5,8,18H,6-7,9H2,1-2H3,(H,23,24). The summed E-state index contributed by atoms with van der Waals surface area (Å²) >= 11 is 0. The lowest BCUT2D eigenvalue weighted by Gasteiger charge is -2.21. The van der Waals surface area contributed by atoms with Crippen molar-refractivity contribution >= 4 is 34.5 Å². The van der Waals surface area contributed by atoms with Gasteiger partial charge in [-0.2, -0.15) is 0 Å². The highest BCUT2D eigenvalue weighted by atomic mass is 16.5. The van der Waals surface area contributed by atoms with Gasteiger partial charge in [-0.25, -0.2) is 4.79 Å². The minimum atomic E-state index is -1.53. The fourth-order valence-corrected chi connectivity index (χ4v) is 2.50. The summed E-state index contributed by atoms with van der Waals surface area (Å²) in [5, 5.41) is 9.36. The number of amides is 1. The Balaban J connectivity index is 2.27. The van der Waals surface area contributed by atoms with Gasteiger partial charge in [0, 0.05) is 32.0 Å². The SMILES string of the molecule is CC(=O)OCCN(Cc1cccc2c(C(=O)C(=O)O)c[nH]c12)C(C)=O. The Hall–Kier alpha value is -3.16. The van der Waals surface area contributed by atoms with Gasteiger partial charge in [0.05, 0.1) is 17.6 Å². The van der Waals surface area contributed by atoms with Crippen LogP contribution in [0.1, 0.15) is 29.8 Å². The summed E-state index contributed by atoms with van der Waals surface area (Å²) in [6, 6.07) is 5.10. The van der Waals surface area contributed by atoms with Gasteiger partial charge in [-0.05, 0) is 5.56 Å². The third kappa shape index (κ3) is 4.23. The van der Waals surface area contributed by atoms with E-state index in [1.807, 2.05) is 0 Å². The summed E-state index contributed by atoms with van der Waals surface area (Å²) in [4.78, 5) is 49.7. The molecule has 0 aliphatic rings. The Kier molecular flexibility index (Phi) is 5.53. The Labute approximate surface area is 143 Å². The summed E-state index contributed by atoms with van der Waals surface area (Å²) in [6.07, 6.45) is 1.35. The maximum atomic E-state index is 11.8. The van der Waals surface area contributed by atoms with E-state index in [1.165, 1.54) is 24.9 Å². The van der Waals surface area contributed by atoms with E-state index in [0.29, 0.717) is 10.9 Å². The van der Waals surface area contributed by atoms with Crippen LogP contribution in [-0.2, 0) is 25.7 Å². The number of esters is 1. The van der Waals surface area contributed by atoms with Gasteiger partial charge in [-0.1, -0.05) is 18.2 Å². The first-order chi connectivity index (χ1) is 11.8. The lowest BCUT2D eigenvalue weighted by molar-refractivity contribution is -0.143. The molecule has 0 atom stereocenters. The molecule has 8 heteroatoms. The molecule has 1 heterocycles. The number of hydrogen-bond donors (Lipinski definition) is 2. The molecule has 0 bridgehead atoms. The molecule has 0 aliphatic carbocycles. The number of fused-ring (bicyclic) bond motifs is 1. The van der Waals surface area contributed by atoms with Gasteiger partial charge in [0.25, 0.3) is 5.78 Å². The van der Waals surface area contributed by atoms with Crippen molar-refractivity contribution < 1.29 is 29.0 Å². The quantitative estimate of drug-likeness (QED) is 0.444. The summed E-state index contributed by atoms with van der Waals surface area (Å²) in [7, 11) is 0. The van der Waals surface area contributed by atoms with E-state index in [-0.39, 0.29) is 31.2 Å². The van der Waals surface area contributed by atoms with Crippen molar-refractivity contribution in [3.05, 3.63) is 35.5 Å². The third-order valence-corrected chi connectivity index (χ3v) is 3.71. The van der Waals surface area contributed by atoms with Crippen molar-refractivity contribution in [3.63, 3.8) is 0 Å². The number of nitrogens with zero attached hydrogens (tertiary/aromatic N) is 1. The van der Waals surface area contributed by atoms with Crippen LogP contribution in [0.15, 0.2) is 24.4 Å². The topological polar surface area (TPSA) is 117 Å². The third-order valence-electron chi connectivity index (χ3n) is 3.71. The van der Waals surface area contributed by atoms with Crippen LogP contribution in [-0.4, -0.2) is 51.8 Å². The Bertz CT molecular complexity index is 839. The number of ether oxygens (including phenoxy) is 1. The number of H-pyrrole nitrogens is 1. The molecule has 132 valence electrons. The predicted molar refractivity (Wildman–Crippen MR) is 88.0 cm³/mol. The van der Waals surface area contributed by atoms with E-state index < -0.39 is 17.7 Å². The van der Waals surface area contributed by atoms with Gasteiger partial charge in [-0.3, -0.25) is 14.4 Å². The fraction of sp³-hybridized carbons (Fsp3) is 0.294. The first kappa shape index (κ1) is 18.2. The number of carboxylic acids is 1. The lowest BCUT2D eigenvalue weighted by atomic mass is 10.1. The maximum absolute atomic E-state index is 11.8. The van der Waals surface area contributed by atoms with Crippen LogP contribution in [0.3, 0.4) is 0 Å². The highest BCUT2D eigenvalue weighted by Crippen LogP contribution is 2.23. The number of carboxylic acid groups (broad SMARTS) is 1. The molecule has 0 radical (unpaired) electrons. The minimum absolute atomic E-state index is 0.0682. The molecule has 0 spiro atoms. The average molecular weight is 346 g/mol. The number of carbonyl (C=O) groups is 4. The van der Waals surface area contributed by atoms with Gasteiger partial charge < -0.3 is 19.7 Å². The van der Waals surface area contributed by atoms with Crippen molar-refractivity contribution in [2.45, 2.75) is 20.4 Å². The molecule has 1 aromatic heterocycles. The molecule has 8 nitrogen and oxygen atoms in total. The Morgan fingerprint density at radius 2 is 1.92 bits per heavy atom. The molecule has 1 aromatic carbocycles. The Morgan fingerprint density at radius 1 is 1.20 bits per heavy atom. The molecule has 0 saturated carbocycles. The normalized spacial score (nSPS) is 10.5. The largest absolute Gasteiger partial charge is 0.475 e. The van der Waals surface area contributed by atoms with Gasteiger partial charge in [0.15, 0.2) is 0 Å². The molecule has 25 heavy (non-hydrogen) atoms. The van der Waals surface area contributed by atoms with Crippen LogP contribution in [0, 0.1) is 0 Å². The van der Waals surface area contributed by atoms with Crippen molar-refractivity contribution in [3.8, 4) is 0 Å². The van der Waals surface area contributed by atoms with Crippen LogP contribution in [0.25, 0.3) is 10.9 Å². The summed E-state index contributed by atoms with van der Waals surface area (Å²) < 4.78 is 4.86. The van der Waals surface area contributed by atoms with Crippen LogP contribution in [0.2, 0.25) is 0 Å². The highest BCUT2D eigenvalue weighted by Gasteiger charge is 2.20. The number of aromatic nitrogens is 1. The number of aliphatic carboxylic acids is 1. The Morgan fingerprint density at radius 3 is 2.52 bits per heavy atom. The number of Topliss-reactive ketones (excluding diaryl/α,β-unsaturated/α-hetero) is 1. The molecule has 1 amide bonds. The van der Waals surface area contributed by atoms with E-state index in [0.717, 1.165) is 5.56 Å². The first-order valence-corrected chi connectivity index (χ1v) is 7.56.